The van der Waals surface area contributed by atoms with Crippen molar-refractivity contribution in [1.29, 1.82) is 0 Å². The van der Waals surface area contributed by atoms with Gasteiger partial charge in [-0.2, -0.15) is 0 Å². The molecule has 2 atom stereocenters. The van der Waals surface area contributed by atoms with Gasteiger partial charge in [-0.1, -0.05) is 20.8 Å². The van der Waals surface area contributed by atoms with Crippen molar-refractivity contribution >= 4 is 0 Å². The first kappa shape index (κ1) is 15.9. The molecule has 108 valence electrons. The molecule has 0 radical (unpaired) electrons. The topological polar surface area (TPSA) is 35.5 Å². The maximum atomic E-state index is 9.96. The van der Waals surface area contributed by atoms with E-state index in [0.29, 0.717) is 17.4 Å². The minimum atomic E-state index is -0.598. The summed E-state index contributed by atoms with van der Waals surface area (Å²) in [6, 6.07) is 0.591. The molecule has 2 unspecified atom stereocenters. The van der Waals surface area contributed by atoms with Crippen molar-refractivity contribution in [2.75, 3.05) is 26.7 Å². The monoisotopic (exact) mass is 256 g/mol. The van der Waals surface area contributed by atoms with Crippen LogP contribution in [0.3, 0.4) is 0 Å². The first-order chi connectivity index (χ1) is 8.19. The molecule has 1 fully saturated rings. The molecular formula is C15H32N2O. The molecule has 0 aliphatic heterocycles. The summed E-state index contributed by atoms with van der Waals surface area (Å²) >= 11 is 0. The fourth-order valence-corrected chi connectivity index (χ4v) is 3.53. The maximum Gasteiger partial charge on any atom is 0.0718 e. The van der Waals surface area contributed by atoms with E-state index in [1.807, 2.05) is 13.8 Å². The molecule has 0 aromatic heterocycles. The lowest BCUT2D eigenvalue weighted by molar-refractivity contribution is 0.0308. The summed E-state index contributed by atoms with van der Waals surface area (Å²) in [5.74, 6) is 0.701. The molecule has 1 rings (SSSR count). The molecule has 1 aliphatic rings. The van der Waals surface area contributed by atoms with E-state index in [1.165, 1.54) is 12.8 Å². The van der Waals surface area contributed by atoms with E-state index in [4.69, 9.17) is 0 Å². The van der Waals surface area contributed by atoms with Crippen molar-refractivity contribution in [2.45, 2.75) is 59.1 Å². The summed E-state index contributed by atoms with van der Waals surface area (Å²) in [4.78, 5) is 2.39. The van der Waals surface area contributed by atoms with E-state index in [9.17, 15) is 5.11 Å². The Labute approximate surface area is 113 Å². The Kier molecular flexibility index (Phi) is 5.22. The van der Waals surface area contributed by atoms with Crippen LogP contribution in [-0.4, -0.2) is 48.3 Å². The summed E-state index contributed by atoms with van der Waals surface area (Å²) in [5.41, 5.74) is -0.202. The van der Waals surface area contributed by atoms with Crippen molar-refractivity contribution in [3.63, 3.8) is 0 Å². The second-order valence-electron chi connectivity index (χ2n) is 7.19. The normalized spacial score (nSPS) is 28.0. The molecule has 0 amide bonds. The van der Waals surface area contributed by atoms with Gasteiger partial charge in [-0.15, -0.1) is 0 Å². The van der Waals surface area contributed by atoms with E-state index >= 15 is 0 Å². The lowest BCUT2D eigenvalue weighted by atomic mass is 9.85. The van der Waals surface area contributed by atoms with Crippen molar-refractivity contribution in [2.24, 2.45) is 11.3 Å². The molecule has 0 aromatic rings. The number of nitrogens with one attached hydrogen (secondary N) is 1. The van der Waals surface area contributed by atoms with Crippen LogP contribution in [0.4, 0.5) is 0 Å². The third kappa shape index (κ3) is 4.22. The van der Waals surface area contributed by atoms with E-state index < -0.39 is 5.60 Å². The van der Waals surface area contributed by atoms with Gasteiger partial charge < -0.3 is 15.3 Å². The average molecular weight is 256 g/mol. The first-order valence-corrected chi connectivity index (χ1v) is 7.31. The second kappa shape index (κ2) is 5.89. The Morgan fingerprint density at radius 1 is 1.39 bits per heavy atom. The van der Waals surface area contributed by atoms with Crippen LogP contribution in [0.25, 0.3) is 0 Å². The third-order valence-corrected chi connectivity index (χ3v) is 4.33. The molecule has 18 heavy (non-hydrogen) atoms. The predicted octanol–water partition coefficient (Wildman–Crippen LogP) is 2.10. The van der Waals surface area contributed by atoms with E-state index in [1.54, 1.807) is 0 Å². The molecule has 3 heteroatoms. The summed E-state index contributed by atoms with van der Waals surface area (Å²) in [6.07, 6.45) is 2.59. The highest BCUT2D eigenvalue weighted by Crippen LogP contribution is 2.41. The second-order valence-corrected chi connectivity index (χ2v) is 7.19. The van der Waals surface area contributed by atoms with E-state index in [2.05, 4.69) is 38.0 Å². The minimum absolute atomic E-state index is 0.396. The van der Waals surface area contributed by atoms with Gasteiger partial charge in [0.25, 0.3) is 0 Å². The Morgan fingerprint density at radius 2 is 2.00 bits per heavy atom. The van der Waals surface area contributed by atoms with Crippen molar-refractivity contribution in [3.05, 3.63) is 0 Å². The third-order valence-electron chi connectivity index (χ3n) is 4.33. The quantitative estimate of drug-likeness (QED) is 0.764. The molecule has 0 spiro atoms. The van der Waals surface area contributed by atoms with Gasteiger partial charge in [0, 0.05) is 19.1 Å². The van der Waals surface area contributed by atoms with Crippen LogP contribution in [0.2, 0.25) is 0 Å². The van der Waals surface area contributed by atoms with Crippen LogP contribution >= 0.6 is 0 Å². The fraction of sp³-hybridized carbons (Fsp3) is 1.00. The molecule has 3 nitrogen and oxygen atoms in total. The molecule has 0 aromatic carbocycles. The van der Waals surface area contributed by atoms with Crippen LogP contribution in [0, 0.1) is 11.3 Å². The standard InChI is InChI=1S/C15H32N2O/c1-7-17(11-15(4,5)18)10-12-8-9-14(2,3)13(12)16-6/h12-13,16,18H,7-11H2,1-6H3. The van der Waals surface area contributed by atoms with Crippen LogP contribution < -0.4 is 5.32 Å². The molecule has 1 aliphatic carbocycles. The lowest BCUT2D eigenvalue weighted by Crippen LogP contribution is -2.46. The van der Waals surface area contributed by atoms with Crippen molar-refractivity contribution in [3.8, 4) is 0 Å². The molecular weight excluding hydrogens is 224 g/mol. The number of hydrogen-bond acceptors (Lipinski definition) is 3. The van der Waals surface area contributed by atoms with Gasteiger partial charge >= 0.3 is 0 Å². The maximum absolute atomic E-state index is 9.96. The number of nitrogens with zero attached hydrogens (tertiary/aromatic N) is 1. The highest BCUT2D eigenvalue weighted by atomic mass is 16.3. The predicted molar refractivity (Wildman–Crippen MR) is 77.8 cm³/mol. The number of rotatable bonds is 6. The lowest BCUT2D eigenvalue weighted by Gasteiger charge is -2.35. The molecule has 0 heterocycles. The first-order valence-electron chi connectivity index (χ1n) is 7.31. The Bertz CT molecular complexity index is 258. The van der Waals surface area contributed by atoms with Crippen molar-refractivity contribution < 1.29 is 5.11 Å². The van der Waals surface area contributed by atoms with Crippen LogP contribution in [0.15, 0.2) is 0 Å². The smallest absolute Gasteiger partial charge is 0.0718 e. The fourth-order valence-electron chi connectivity index (χ4n) is 3.53. The van der Waals surface area contributed by atoms with Gasteiger partial charge in [0.05, 0.1) is 5.60 Å². The Hall–Kier alpha value is -0.120. The zero-order valence-corrected chi connectivity index (χ0v) is 13.1. The highest BCUT2D eigenvalue weighted by molar-refractivity contribution is 4.96. The minimum Gasteiger partial charge on any atom is -0.389 e. The van der Waals surface area contributed by atoms with Crippen LogP contribution in [0.1, 0.15) is 47.5 Å². The van der Waals surface area contributed by atoms with Gasteiger partial charge in [0.15, 0.2) is 0 Å². The summed E-state index contributed by atoms with van der Waals surface area (Å²) in [6.45, 7) is 13.6. The van der Waals surface area contributed by atoms with Gasteiger partial charge in [-0.05, 0) is 51.6 Å². The number of likely N-dealkylation sites (N-methyl/N-ethyl adjacent to an activating group) is 1. The van der Waals surface area contributed by atoms with Gasteiger partial charge in [0.1, 0.15) is 0 Å². The summed E-state index contributed by atoms with van der Waals surface area (Å²) in [5, 5.41) is 13.5. The Morgan fingerprint density at radius 3 is 2.44 bits per heavy atom. The number of hydrogen-bond donors (Lipinski definition) is 2. The summed E-state index contributed by atoms with van der Waals surface area (Å²) in [7, 11) is 2.08. The van der Waals surface area contributed by atoms with Crippen LogP contribution in [-0.2, 0) is 0 Å². The molecule has 2 N–H and O–H groups in total. The summed E-state index contributed by atoms with van der Waals surface area (Å²) < 4.78 is 0. The van der Waals surface area contributed by atoms with Crippen LogP contribution in [0.5, 0.6) is 0 Å². The molecule has 0 bridgehead atoms. The van der Waals surface area contributed by atoms with Gasteiger partial charge in [-0.25, -0.2) is 0 Å². The SMILES string of the molecule is CCN(CC1CCC(C)(C)C1NC)CC(C)(C)O. The largest absolute Gasteiger partial charge is 0.389 e. The van der Waals surface area contributed by atoms with Gasteiger partial charge in [-0.3, -0.25) is 0 Å². The van der Waals surface area contributed by atoms with Gasteiger partial charge in [0.2, 0.25) is 0 Å². The highest BCUT2D eigenvalue weighted by Gasteiger charge is 2.41. The number of aliphatic hydroxyl groups is 1. The zero-order valence-electron chi connectivity index (χ0n) is 13.1. The van der Waals surface area contributed by atoms with E-state index in [0.717, 1.165) is 19.6 Å². The van der Waals surface area contributed by atoms with Crippen molar-refractivity contribution in [1.82, 2.24) is 10.2 Å². The molecule has 1 saturated carbocycles. The molecule has 0 saturated heterocycles. The Balaban J connectivity index is 2.60. The average Bonchev–Trinajstić information content (AvgIpc) is 2.50. The van der Waals surface area contributed by atoms with E-state index in [-0.39, 0.29) is 0 Å². The zero-order chi connectivity index (χ0) is 14.0.